The molecule has 19 heavy (non-hydrogen) atoms. The Bertz CT molecular complexity index is 248. The molecule has 0 heterocycles. The van der Waals surface area contributed by atoms with Crippen molar-refractivity contribution in [3.63, 3.8) is 0 Å². The van der Waals surface area contributed by atoms with Crippen LogP contribution in [0.3, 0.4) is 0 Å². The number of nitrogens with two attached hydrogens (primary N) is 1. The van der Waals surface area contributed by atoms with E-state index in [1.165, 1.54) is 32.1 Å². The summed E-state index contributed by atoms with van der Waals surface area (Å²) in [5.41, 5.74) is 6.00. The van der Waals surface area contributed by atoms with Crippen LogP contribution >= 0.6 is 0 Å². The highest BCUT2D eigenvalue weighted by atomic mass is 16.2. The van der Waals surface area contributed by atoms with Crippen LogP contribution in [0.5, 0.6) is 0 Å². The summed E-state index contributed by atoms with van der Waals surface area (Å²) in [7, 11) is 0. The standard InChI is InChI=1S/C15H31N3O/c1-3-18(4-2)11-10-17-15(19)14(16)12-13-8-6-5-7-9-13/h13-14H,3-12,16H2,1-2H3,(H,17,19). The molecule has 1 aliphatic carbocycles. The maximum absolute atomic E-state index is 11.9. The van der Waals surface area contributed by atoms with Crippen LogP contribution in [0.25, 0.3) is 0 Å². The predicted octanol–water partition coefficient (Wildman–Crippen LogP) is 1.74. The van der Waals surface area contributed by atoms with Crippen LogP contribution in [0.4, 0.5) is 0 Å². The largest absolute Gasteiger partial charge is 0.353 e. The Hall–Kier alpha value is -0.610. The molecule has 0 bridgehead atoms. The highest BCUT2D eigenvalue weighted by Crippen LogP contribution is 2.26. The molecule has 3 N–H and O–H groups in total. The fourth-order valence-electron chi connectivity index (χ4n) is 2.90. The van der Waals surface area contributed by atoms with Gasteiger partial charge in [0.15, 0.2) is 0 Å². The molecule has 0 saturated heterocycles. The quantitative estimate of drug-likeness (QED) is 0.706. The number of carbonyl (C=O) groups is 1. The van der Waals surface area contributed by atoms with E-state index in [0.717, 1.165) is 26.1 Å². The number of likely N-dealkylation sites (N-methyl/N-ethyl adjacent to an activating group) is 1. The highest BCUT2D eigenvalue weighted by molar-refractivity contribution is 5.81. The summed E-state index contributed by atoms with van der Waals surface area (Å²) in [6, 6.07) is -0.320. The van der Waals surface area contributed by atoms with Crippen molar-refractivity contribution in [2.24, 2.45) is 11.7 Å². The Kier molecular flexibility index (Phi) is 8.07. The summed E-state index contributed by atoms with van der Waals surface area (Å²) in [6.45, 7) is 7.95. The third-order valence-electron chi connectivity index (χ3n) is 4.27. The fourth-order valence-corrected chi connectivity index (χ4v) is 2.90. The third kappa shape index (κ3) is 6.39. The van der Waals surface area contributed by atoms with Gasteiger partial charge in [0.25, 0.3) is 0 Å². The Balaban J connectivity index is 2.17. The molecule has 1 fully saturated rings. The molecule has 0 spiro atoms. The van der Waals surface area contributed by atoms with Gasteiger partial charge in [-0.2, -0.15) is 0 Å². The van der Waals surface area contributed by atoms with Crippen molar-refractivity contribution in [1.29, 1.82) is 0 Å². The lowest BCUT2D eigenvalue weighted by Gasteiger charge is -2.24. The minimum atomic E-state index is -0.320. The van der Waals surface area contributed by atoms with Gasteiger partial charge < -0.3 is 16.0 Å². The number of nitrogens with zero attached hydrogens (tertiary/aromatic N) is 1. The highest BCUT2D eigenvalue weighted by Gasteiger charge is 2.20. The first-order chi connectivity index (χ1) is 9.17. The number of rotatable bonds is 8. The predicted molar refractivity (Wildman–Crippen MR) is 80.0 cm³/mol. The van der Waals surface area contributed by atoms with Crippen LogP contribution in [0.2, 0.25) is 0 Å². The van der Waals surface area contributed by atoms with E-state index in [4.69, 9.17) is 5.73 Å². The second-order valence-electron chi connectivity index (χ2n) is 5.66. The summed E-state index contributed by atoms with van der Waals surface area (Å²) >= 11 is 0. The summed E-state index contributed by atoms with van der Waals surface area (Å²) < 4.78 is 0. The smallest absolute Gasteiger partial charge is 0.236 e. The molecule has 1 unspecified atom stereocenters. The third-order valence-corrected chi connectivity index (χ3v) is 4.27. The Morgan fingerprint density at radius 1 is 1.26 bits per heavy atom. The number of carbonyl (C=O) groups excluding carboxylic acids is 1. The van der Waals surface area contributed by atoms with Crippen molar-refractivity contribution in [1.82, 2.24) is 10.2 Å². The summed E-state index contributed by atoms with van der Waals surface area (Å²) in [5, 5.41) is 2.97. The van der Waals surface area contributed by atoms with E-state index in [0.29, 0.717) is 12.5 Å². The SMILES string of the molecule is CCN(CC)CCNC(=O)C(N)CC1CCCCC1. The molecule has 112 valence electrons. The molecule has 0 radical (unpaired) electrons. The van der Waals surface area contributed by atoms with Gasteiger partial charge in [0, 0.05) is 13.1 Å². The van der Waals surface area contributed by atoms with Crippen molar-refractivity contribution >= 4 is 5.91 Å². The van der Waals surface area contributed by atoms with Gasteiger partial charge in [-0.05, 0) is 25.4 Å². The van der Waals surface area contributed by atoms with Gasteiger partial charge >= 0.3 is 0 Å². The van der Waals surface area contributed by atoms with Crippen LogP contribution in [-0.2, 0) is 4.79 Å². The first-order valence-corrected chi connectivity index (χ1v) is 7.93. The van der Waals surface area contributed by atoms with Gasteiger partial charge in [0.2, 0.25) is 5.91 Å². The second kappa shape index (κ2) is 9.32. The first-order valence-electron chi connectivity index (χ1n) is 7.93. The van der Waals surface area contributed by atoms with Crippen LogP contribution in [0.1, 0.15) is 52.4 Å². The lowest BCUT2D eigenvalue weighted by molar-refractivity contribution is -0.122. The molecular weight excluding hydrogens is 238 g/mol. The average molecular weight is 269 g/mol. The molecule has 0 aromatic carbocycles. The molecule has 1 aliphatic rings. The molecule has 0 aliphatic heterocycles. The van der Waals surface area contributed by atoms with Crippen LogP contribution < -0.4 is 11.1 Å². The zero-order valence-electron chi connectivity index (χ0n) is 12.7. The van der Waals surface area contributed by atoms with Crippen molar-refractivity contribution in [3.8, 4) is 0 Å². The van der Waals surface area contributed by atoms with Gasteiger partial charge in [-0.25, -0.2) is 0 Å². The van der Waals surface area contributed by atoms with Crippen LogP contribution in [-0.4, -0.2) is 43.0 Å². The van der Waals surface area contributed by atoms with Crippen molar-refractivity contribution in [2.45, 2.75) is 58.4 Å². The van der Waals surface area contributed by atoms with E-state index in [2.05, 4.69) is 24.1 Å². The van der Waals surface area contributed by atoms with Crippen molar-refractivity contribution < 1.29 is 4.79 Å². The minimum absolute atomic E-state index is 0.0257. The van der Waals surface area contributed by atoms with Crippen LogP contribution in [0, 0.1) is 5.92 Å². The molecule has 1 amide bonds. The lowest BCUT2D eigenvalue weighted by Crippen LogP contribution is -2.44. The topological polar surface area (TPSA) is 58.4 Å². The number of amides is 1. The van der Waals surface area contributed by atoms with Gasteiger partial charge in [0.1, 0.15) is 0 Å². The maximum atomic E-state index is 11.9. The fraction of sp³-hybridized carbons (Fsp3) is 0.933. The molecular formula is C15H31N3O. The number of nitrogens with one attached hydrogen (secondary N) is 1. The molecule has 4 heteroatoms. The minimum Gasteiger partial charge on any atom is -0.353 e. The first kappa shape index (κ1) is 16.4. The molecule has 1 rings (SSSR count). The average Bonchev–Trinajstić information content (AvgIpc) is 2.44. The molecule has 1 atom stereocenters. The zero-order chi connectivity index (χ0) is 14.1. The summed E-state index contributed by atoms with van der Waals surface area (Å²) in [4.78, 5) is 14.2. The molecule has 4 nitrogen and oxygen atoms in total. The molecule has 0 aromatic heterocycles. The summed E-state index contributed by atoms with van der Waals surface area (Å²) in [5.74, 6) is 0.690. The van der Waals surface area contributed by atoms with Gasteiger partial charge in [-0.15, -0.1) is 0 Å². The van der Waals surface area contributed by atoms with Gasteiger partial charge in [-0.1, -0.05) is 46.0 Å². The van der Waals surface area contributed by atoms with E-state index in [1.54, 1.807) is 0 Å². The second-order valence-corrected chi connectivity index (χ2v) is 5.66. The van der Waals surface area contributed by atoms with Gasteiger partial charge in [-0.3, -0.25) is 4.79 Å². The van der Waals surface area contributed by atoms with E-state index < -0.39 is 0 Å². The van der Waals surface area contributed by atoms with E-state index in [1.807, 2.05) is 0 Å². The van der Waals surface area contributed by atoms with Crippen LogP contribution in [0.15, 0.2) is 0 Å². The van der Waals surface area contributed by atoms with Crippen molar-refractivity contribution in [2.75, 3.05) is 26.2 Å². The van der Waals surface area contributed by atoms with E-state index >= 15 is 0 Å². The normalized spacial score (nSPS) is 18.5. The van der Waals surface area contributed by atoms with Gasteiger partial charge in [0.05, 0.1) is 6.04 Å². The van der Waals surface area contributed by atoms with E-state index in [9.17, 15) is 4.79 Å². The Morgan fingerprint density at radius 3 is 2.47 bits per heavy atom. The summed E-state index contributed by atoms with van der Waals surface area (Å²) in [6.07, 6.45) is 7.32. The van der Waals surface area contributed by atoms with Crippen molar-refractivity contribution in [3.05, 3.63) is 0 Å². The zero-order valence-corrected chi connectivity index (χ0v) is 12.7. The Labute approximate surface area is 118 Å². The maximum Gasteiger partial charge on any atom is 0.236 e. The number of hydrogen-bond acceptors (Lipinski definition) is 3. The molecule has 0 aromatic rings. The lowest BCUT2D eigenvalue weighted by atomic mass is 9.85. The number of hydrogen-bond donors (Lipinski definition) is 2. The monoisotopic (exact) mass is 269 g/mol. The molecule has 1 saturated carbocycles. The van der Waals surface area contributed by atoms with E-state index in [-0.39, 0.29) is 11.9 Å². The Morgan fingerprint density at radius 2 is 1.89 bits per heavy atom.